The molecule has 3 heterocycles. The summed E-state index contributed by atoms with van der Waals surface area (Å²) in [5.41, 5.74) is 7.24. The summed E-state index contributed by atoms with van der Waals surface area (Å²) in [6.07, 6.45) is 9.49. The molecule has 0 radical (unpaired) electrons. The molecule has 1 aliphatic carbocycles. The van der Waals surface area contributed by atoms with Crippen molar-refractivity contribution in [2.45, 2.75) is 44.2 Å². The molecule has 3 N–H and O–H groups in total. The average Bonchev–Trinajstić information content (AvgIpc) is 3.12. The van der Waals surface area contributed by atoms with Crippen LogP contribution in [0.1, 0.15) is 38.1 Å². The Morgan fingerprint density at radius 1 is 1.38 bits per heavy atom. The highest BCUT2D eigenvalue weighted by Gasteiger charge is 2.49. The van der Waals surface area contributed by atoms with Gasteiger partial charge in [0.2, 0.25) is 0 Å². The third-order valence-electron chi connectivity index (χ3n) is 6.26. The third-order valence-corrected chi connectivity index (χ3v) is 6.26. The van der Waals surface area contributed by atoms with Gasteiger partial charge < -0.3 is 20.9 Å². The predicted octanol–water partition coefficient (Wildman–Crippen LogP) is 1.49. The van der Waals surface area contributed by atoms with E-state index in [2.05, 4.69) is 22.4 Å². The van der Waals surface area contributed by atoms with E-state index in [9.17, 15) is 4.79 Å². The molecule has 2 aliphatic heterocycles. The number of piperidine rings is 1. The minimum atomic E-state index is -0.0443. The van der Waals surface area contributed by atoms with Crippen LogP contribution in [0.3, 0.4) is 0 Å². The summed E-state index contributed by atoms with van der Waals surface area (Å²) in [4.78, 5) is 16.7. The topological polar surface area (TPSA) is 79.4 Å². The molecular formula is C17H28N6O. The van der Waals surface area contributed by atoms with Gasteiger partial charge in [-0.3, -0.25) is 4.68 Å². The highest BCUT2D eigenvalue weighted by molar-refractivity contribution is 5.89. The number of nitrogens with two attached hydrogens (primary N) is 1. The number of hydrogen-bond acceptors (Lipinski definition) is 4. The lowest BCUT2D eigenvalue weighted by molar-refractivity contribution is 0.127. The van der Waals surface area contributed by atoms with Crippen LogP contribution in [0.15, 0.2) is 12.4 Å². The largest absolute Gasteiger partial charge is 0.326 e. The molecule has 1 saturated carbocycles. The number of carbonyl (C=O) groups is 1. The maximum absolute atomic E-state index is 12.5. The molecule has 1 atom stereocenters. The van der Waals surface area contributed by atoms with Crippen LogP contribution >= 0.6 is 0 Å². The molecule has 0 aromatic carbocycles. The zero-order valence-corrected chi connectivity index (χ0v) is 14.4. The normalized spacial score (nSPS) is 27.4. The Kier molecular flexibility index (Phi) is 4.00. The lowest BCUT2D eigenvalue weighted by Gasteiger charge is -2.41. The Labute approximate surface area is 143 Å². The lowest BCUT2D eigenvalue weighted by Crippen LogP contribution is -2.45. The summed E-state index contributed by atoms with van der Waals surface area (Å²) in [6.45, 7) is 3.65. The zero-order chi connectivity index (χ0) is 16.7. The Morgan fingerprint density at radius 3 is 2.75 bits per heavy atom. The van der Waals surface area contributed by atoms with E-state index in [-0.39, 0.29) is 17.5 Å². The van der Waals surface area contributed by atoms with Crippen LogP contribution in [-0.2, 0) is 0 Å². The van der Waals surface area contributed by atoms with Gasteiger partial charge in [0.05, 0.1) is 17.9 Å². The van der Waals surface area contributed by atoms with E-state index in [1.807, 2.05) is 15.8 Å². The molecule has 3 fully saturated rings. The first kappa shape index (κ1) is 15.9. The average molecular weight is 332 g/mol. The van der Waals surface area contributed by atoms with Crippen LogP contribution in [0.4, 0.5) is 10.5 Å². The van der Waals surface area contributed by atoms with E-state index in [4.69, 9.17) is 5.73 Å². The summed E-state index contributed by atoms with van der Waals surface area (Å²) in [5.74, 6) is 0. The molecule has 3 aliphatic rings. The van der Waals surface area contributed by atoms with E-state index < -0.39 is 0 Å². The van der Waals surface area contributed by atoms with Gasteiger partial charge in [-0.2, -0.15) is 5.10 Å². The van der Waals surface area contributed by atoms with Crippen molar-refractivity contribution in [3.05, 3.63) is 12.4 Å². The number of aromatic nitrogens is 2. The summed E-state index contributed by atoms with van der Waals surface area (Å²) in [6, 6.07) is 0.515. The lowest BCUT2D eigenvalue weighted by atomic mass is 9.66. The first-order chi connectivity index (χ1) is 11.6. The third kappa shape index (κ3) is 2.80. The fourth-order valence-electron chi connectivity index (χ4n) is 4.37. The highest BCUT2D eigenvalue weighted by atomic mass is 16.2. The predicted molar refractivity (Wildman–Crippen MR) is 92.8 cm³/mol. The van der Waals surface area contributed by atoms with Crippen molar-refractivity contribution >= 4 is 11.7 Å². The zero-order valence-electron chi connectivity index (χ0n) is 14.4. The second-order valence-electron chi connectivity index (χ2n) is 7.88. The van der Waals surface area contributed by atoms with Crippen LogP contribution < -0.4 is 11.1 Å². The quantitative estimate of drug-likeness (QED) is 0.860. The molecule has 24 heavy (non-hydrogen) atoms. The second-order valence-corrected chi connectivity index (χ2v) is 7.88. The van der Waals surface area contributed by atoms with Crippen LogP contribution in [0.25, 0.3) is 0 Å². The Morgan fingerprint density at radius 2 is 2.12 bits per heavy atom. The molecule has 132 valence electrons. The SMILES string of the molecule is CN1CCC(n2cc(NC(=O)N3CC(N)C4(CCC4)C3)cn2)CC1. The van der Waals surface area contributed by atoms with Crippen molar-refractivity contribution in [2.75, 3.05) is 38.5 Å². The number of urea groups is 1. The van der Waals surface area contributed by atoms with E-state index in [0.29, 0.717) is 12.6 Å². The molecule has 4 rings (SSSR count). The molecule has 1 aromatic rings. The van der Waals surface area contributed by atoms with Gasteiger partial charge in [0.15, 0.2) is 0 Å². The van der Waals surface area contributed by atoms with Gasteiger partial charge in [-0.1, -0.05) is 6.42 Å². The molecule has 2 saturated heterocycles. The number of amides is 2. The van der Waals surface area contributed by atoms with Crippen LogP contribution in [-0.4, -0.2) is 64.9 Å². The molecule has 7 nitrogen and oxygen atoms in total. The number of nitrogens with one attached hydrogen (secondary N) is 1. The van der Waals surface area contributed by atoms with Crippen molar-refractivity contribution < 1.29 is 4.79 Å². The van der Waals surface area contributed by atoms with Gasteiger partial charge >= 0.3 is 6.03 Å². The van der Waals surface area contributed by atoms with Crippen molar-refractivity contribution in [1.82, 2.24) is 19.6 Å². The monoisotopic (exact) mass is 332 g/mol. The van der Waals surface area contributed by atoms with Crippen molar-refractivity contribution in [1.29, 1.82) is 0 Å². The Hall–Kier alpha value is -1.60. The first-order valence-electron chi connectivity index (χ1n) is 9.10. The molecular weight excluding hydrogens is 304 g/mol. The van der Waals surface area contributed by atoms with Gasteiger partial charge in [0, 0.05) is 30.7 Å². The first-order valence-corrected chi connectivity index (χ1v) is 9.10. The van der Waals surface area contributed by atoms with Crippen LogP contribution in [0, 0.1) is 5.41 Å². The summed E-state index contributed by atoms with van der Waals surface area (Å²) >= 11 is 0. The number of nitrogens with zero attached hydrogens (tertiary/aromatic N) is 4. The van der Waals surface area contributed by atoms with Crippen LogP contribution in [0.5, 0.6) is 0 Å². The minimum Gasteiger partial charge on any atom is -0.326 e. The molecule has 1 unspecified atom stereocenters. The van der Waals surface area contributed by atoms with E-state index in [1.54, 1.807) is 6.20 Å². The van der Waals surface area contributed by atoms with E-state index in [1.165, 1.54) is 6.42 Å². The molecule has 1 spiro atoms. The Balaban J connectivity index is 1.35. The van der Waals surface area contributed by atoms with Crippen molar-refractivity contribution in [3.63, 3.8) is 0 Å². The summed E-state index contributed by atoms with van der Waals surface area (Å²) in [5, 5.41) is 7.45. The number of rotatable bonds is 2. The molecule has 7 heteroatoms. The van der Waals surface area contributed by atoms with Gasteiger partial charge in [-0.25, -0.2) is 4.79 Å². The molecule has 2 amide bonds. The summed E-state index contributed by atoms with van der Waals surface area (Å²) < 4.78 is 2.01. The maximum Gasteiger partial charge on any atom is 0.322 e. The number of hydrogen-bond donors (Lipinski definition) is 2. The van der Waals surface area contributed by atoms with Crippen molar-refractivity contribution in [3.8, 4) is 0 Å². The van der Waals surface area contributed by atoms with E-state index >= 15 is 0 Å². The van der Waals surface area contributed by atoms with Gasteiger partial charge in [-0.15, -0.1) is 0 Å². The van der Waals surface area contributed by atoms with Crippen LogP contribution in [0.2, 0.25) is 0 Å². The van der Waals surface area contributed by atoms with Gasteiger partial charge in [-0.05, 0) is 45.8 Å². The highest BCUT2D eigenvalue weighted by Crippen LogP contribution is 2.47. The number of likely N-dealkylation sites (tertiary alicyclic amines) is 2. The molecule has 0 bridgehead atoms. The smallest absolute Gasteiger partial charge is 0.322 e. The fourth-order valence-corrected chi connectivity index (χ4v) is 4.37. The van der Waals surface area contributed by atoms with E-state index in [0.717, 1.165) is 51.0 Å². The van der Waals surface area contributed by atoms with Gasteiger partial charge in [0.1, 0.15) is 0 Å². The number of anilines is 1. The number of carbonyl (C=O) groups excluding carboxylic acids is 1. The van der Waals surface area contributed by atoms with Crippen molar-refractivity contribution in [2.24, 2.45) is 11.1 Å². The molecule has 1 aromatic heterocycles. The fraction of sp³-hybridized carbons (Fsp3) is 0.765. The summed E-state index contributed by atoms with van der Waals surface area (Å²) in [7, 11) is 2.15. The maximum atomic E-state index is 12.5. The standard InChI is InChI=1S/C17H28N6O/c1-21-7-3-14(4-8-21)23-10-13(9-19-23)20-16(24)22-11-15(18)17(12-22)5-2-6-17/h9-10,14-15H,2-8,11-12,18H2,1H3,(H,20,24). The Bertz CT molecular complexity index is 602. The minimum absolute atomic E-state index is 0.0443. The van der Waals surface area contributed by atoms with Gasteiger partial charge in [0.25, 0.3) is 0 Å². The second kappa shape index (κ2) is 6.04.